The molecular formula is C27H27N5O4. The molecule has 2 saturated heterocycles. The Morgan fingerprint density at radius 3 is 2.58 bits per heavy atom. The van der Waals surface area contributed by atoms with Crippen molar-refractivity contribution < 1.29 is 14.0 Å². The second-order valence-electron chi connectivity index (χ2n) is 9.58. The van der Waals surface area contributed by atoms with Gasteiger partial charge in [-0.1, -0.05) is 18.2 Å². The molecule has 9 heteroatoms. The van der Waals surface area contributed by atoms with Crippen LogP contribution in [0.4, 0.5) is 11.4 Å². The average molecular weight is 486 g/mol. The number of pyridine rings is 1. The number of anilines is 2. The number of benzene rings is 2. The van der Waals surface area contributed by atoms with E-state index in [0.29, 0.717) is 36.7 Å². The summed E-state index contributed by atoms with van der Waals surface area (Å²) in [5.41, 5.74) is 9.00. The molecule has 36 heavy (non-hydrogen) atoms. The number of nitrogens with two attached hydrogens (primary N) is 1. The highest BCUT2D eigenvalue weighted by Gasteiger charge is 2.30. The Kier molecular flexibility index (Phi) is 5.28. The first-order chi connectivity index (χ1) is 17.4. The third-order valence-corrected chi connectivity index (χ3v) is 7.46. The van der Waals surface area contributed by atoms with Crippen molar-refractivity contribution in [2.75, 3.05) is 29.4 Å². The summed E-state index contributed by atoms with van der Waals surface area (Å²) in [6.45, 7) is 2.00. The van der Waals surface area contributed by atoms with Crippen LogP contribution in [-0.4, -0.2) is 41.0 Å². The number of piperidine rings is 1. The van der Waals surface area contributed by atoms with Gasteiger partial charge in [0, 0.05) is 50.1 Å². The van der Waals surface area contributed by atoms with E-state index < -0.39 is 5.91 Å². The zero-order chi connectivity index (χ0) is 25.0. The molecule has 184 valence electrons. The quantitative estimate of drug-likeness (QED) is 0.474. The van der Waals surface area contributed by atoms with Gasteiger partial charge in [0.1, 0.15) is 11.1 Å². The number of oxazole rings is 1. The van der Waals surface area contributed by atoms with Crippen LogP contribution in [0.15, 0.2) is 51.7 Å². The van der Waals surface area contributed by atoms with Gasteiger partial charge in [-0.25, -0.2) is 4.98 Å². The van der Waals surface area contributed by atoms with Crippen molar-refractivity contribution in [2.45, 2.75) is 31.6 Å². The van der Waals surface area contributed by atoms with E-state index >= 15 is 0 Å². The molecule has 9 nitrogen and oxygen atoms in total. The number of carbonyl (C=O) groups is 2. The molecule has 0 bridgehead atoms. The molecule has 0 spiro atoms. The predicted octanol–water partition coefficient (Wildman–Crippen LogP) is 3.29. The SMILES string of the molecule is Cn1c(=O)c(C(N)=O)c(N2CCC(c3nc4cc(N5CCCC5=O)ccc4o3)CC2)c2ccccc21. The summed E-state index contributed by atoms with van der Waals surface area (Å²) in [6, 6.07) is 13.3. The largest absolute Gasteiger partial charge is 0.440 e. The third kappa shape index (κ3) is 3.54. The number of rotatable bonds is 4. The van der Waals surface area contributed by atoms with Crippen LogP contribution in [0.5, 0.6) is 0 Å². The van der Waals surface area contributed by atoms with Crippen molar-refractivity contribution >= 4 is 45.2 Å². The van der Waals surface area contributed by atoms with E-state index in [1.54, 1.807) is 11.9 Å². The van der Waals surface area contributed by atoms with Crippen LogP contribution in [0.25, 0.3) is 22.0 Å². The number of aryl methyl sites for hydroxylation is 1. The van der Waals surface area contributed by atoms with Crippen LogP contribution >= 0.6 is 0 Å². The lowest BCUT2D eigenvalue weighted by Crippen LogP contribution is -2.38. The third-order valence-electron chi connectivity index (χ3n) is 7.46. The van der Waals surface area contributed by atoms with Gasteiger partial charge in [0.2, 0.25) is 5.91 Å². The standard InChI is InChI=1S/C27H27N5O4/c1-30-20-6-3-2-5-18(20)24(23(25(28)34)27(30)35)31-13-10-16(11-14-31)26-29-19-15-17(8-9-21(19)36-26)32-12-4-7-22(32)33/h2-3,5-6,8-9,15-16H,4,7,10-14H2,1H3,(H2,28,34). The van der Waals surface area contributed by atoms with Crippen LogP contribution < -0.4 is 21.1 Å². The van der Waals surface area contributed by atoms with Gasteiger partial charge in [-0.3, -0.25) is 14.4 Å². The lowest BCUT2D eigenvalue weighted by atomic mass is 9.95. The molecule has 4 heterocycles. The van der Waals surface area contributed by atoms with Gasteiger partial charge >= 0.3 is 0 Å². The molecule has 2 aliphatic rings. The van der Waals surface area contributed by atoms with Crippen molar-refractivity contribution in [3.8, 4) is 0 Å². The van der Waals surface area contributed by atoms with Gasteiger partial charge in [0.05, 0.1) is 11.2 Å². The number of nitrogens with zero attached hydrogens (tertiary/aromatic N) is 4. The topological polar surface area (TPSA) is 115 Å². The van der Waals surface area contributed by atoms with E-state index in [9.17, 15) is 14.4 Å². The first-order valence-corrected chi connectivity index (χ1v) is 12.3. The Morgan fingerprint density at radius 1 is 1.08 bits per heavy atom. The highest BCUT2D eigenvalue weighted by Crippen LogP contribution is 2.36. The lowest BCUT2D eigenvalue weighted by molar-refractivity contribution is -0.117. The van der Waals surface area contributed by atoms with Crippen LogP contribution in [0.2, 0.25) is 0 Å². The molecule has 0 atom stereocenters. The number of amides is 2. The van der Waals surface area contributed by atoms with Gasteiger partial charge in [-0.2, -0.15) is 0 Å². The first kappa shape index (κ1) is 22.3. The average Bonchev–Trinajstić information content (AvgIpc) is 3.51. The number of para-hydroxylation sites is 1. The van der Waals surface area contributed by atoms with Gasteiger partial charge < -0.3 is 24.5 Å². The minimum absolute atomic E-state index is 0.0282. The Balaban J connectivity index is 1.28. The number of carbonyl (C=O) groups excluding carboxylic acids is 2. The molecule has 2 fully saturated rings. The van der Waals surface area contributed by atoms with Gasteiger partial charge in [0.25, 0.3) is 11.5 Å². The summed E-state index contributed by atoms with van der Waals surface area (Å²) in [6.07, 6.45) is 2.97. The molecule has 0 saturated carbocycles. The van der Waals surface area contributed by atoms with E-state index in [0.717, 1.165) is 47.9 Å². The maximum absolute atomic E-state index is 13.0. The fourth-order valence-electron chi connectivity index (χ4n) is 5.58. The number of primary amides is 1. The fourth-order valence-corrected chi connectivity index (χ4v) is 5.58. The van der Waals surface area contributed by atoms with Crippen molar-refractivity contribution in [3.63, 3.8) is 0 Å². The van der Waals surface area contributed by atoms with Crippen molar-refractivity contribution in [3.05, 3.63) is 64.3 Å². The monoisotopic (exact) mass is 485 g/mol. The maximum Gasteiger partial charge on any atom is 0.265 e. The molecule has 2 aliphatic heterocycles. The van der Waals surface area contributed by atoms with E-state index in [-0.39, 0.29) is 22.9 Å². The zero-order valence-corrected chi connectivity index (χ0v) is 20.1. The summed E-state index contributed by atoms with van der Waals surface area (Å²) < 4.78 is 7.58. The van der Waals surface area contributed by atoms with Crippen LogP contribution in [0.1, 0.15) is 47.8 Å². The highest BCUT2D eigenvalue weighted by molar-refractivity contribution is 6.07. The Hall–Kier alpha value is -4.14. The molecule has 2 N–H and O–H groups in total. The summed E-state index contributed by atoms with van der Waals surface area (Å²) >= 11 is 0. The lowest BCUT2D eigenvalue weighted by Gasteiger charge is -2.34. The fraction of sp³-hybridized carbons (Fsp3) is 0.333. The summed E-state index contributed by atoms with van der Waals surface area (Å²) in [5, 5.41) is 0.831. The number of hydrogen-bond acceptors (Lipinski definition) is 6. The predicted molar refractivity (Wildman–Crippen MR) is 137 cm³/mol. The summed E-state index contributed by atoms with van der Waals surface area (Å²) in [7, 11) is 1.66. The number of aromatic nitrogens is 2. The molecule has 2 aromatic carbocycles. The van der Waals surface area contributed by atoms with Crippen molar-refractivity contribution in [1.82, 2.24) is 9.55 Å². The molecule has 0 radical (unpaired) electrons. The van der Waals surface area contributed by atoms with Crippen molar-refractivity contribution in [1.29, 1.82) is 0 Å². The van der Waals surface area contributed by atoms with E-state index in [1.807, 2.05) is 42.5 Å². The minimum atomic E-state index is -0.718. The van der Waals surface area contributed by atoms with Crippen molar-refractivity contribution in [2.24, 2.45) is 12.8 Å². The van der Waals surface area contributed by atoms with E-state index in [1.165, 1.54) is 4.57 Å². The first-order valence-electron chi connectivity index (χ1n) is 12.3. The molecule has 6 rings (SSSR count). The van der Waals surface area contributed by atoms with E-state index in [2.05, 4.69) is 4.90 Å². The van der Waals surface area contributed by atoms with E-state index in [4.69, 9.17) is 15.1 Å². The summed E-state index contributed by atoms with van der Waals surface area (Å²) in [5.74, 6) is 0.215. The second kappa shape index (κ2) is 8.51. The second-order valence-corrected chi connectivity index (χ2v) is 9.58. The molecular weight excluding hydrogens is 458 g/mol. The maximum atomic E-state index is 13.0. The van der Waals surface area contributed by atoms with Gasteiger partial charge in [0.15, 0.2) is 11.5 Å². The van der Waals surface area contributed by atoms with Crippen LogP contribution in [0.3, 0.4) is 0 Å². The van der Waals surface area contributed by atoms with Crippen LogP contribution in [0, 0.1) is 0 Å². The molecule has 0 unspecified atom stereocenters. The minimum Gasteiger partial charge on any atom is -0.440 e. The number of fused-ring (bicyclic) bond motifs is 2. The molecule has 2 aromatic heterocycles. The zero-order valence-electron chi connectivity index (χ0n) is 20.1. The Bertz CT molecular complexity index is 1580. The highest BCUT2D eigenvalue weighted by atomic mass is 16.3. The summed E-state index contributed by atoms with van der Waals surface area (Å²) in [4.78, 5) is 46.1. The van der Waals surface area contributed by atoms with Crippen LogP contribution in [-0.2, 0) is 11.8 Å². The number of hydrogen-bond donors (Lipinski definition) is 1. The Morgan fingerprint density at radius 2 is 1.86 bits per heavy atom. The Labute approximate surface area is 207 Å². The molecule has 0 aliphatic carbocycles. The van der Waals surface area contributed by atoms with Gasteiger partial charge in [-0.15, -0.1) is 0 Å². The smallest absolute Gasteiger partial charge is 0.265 e. The molecule has 4 aromatic rings. The van der Waals surface area contributed by atoms with Gasteiger partial charge in [-0.05, 0) is 43.5 Å². The molecule has 2 amide bonds. The normalized spacial score (nSPS) is 17.0.